The van der Waals surface area contributed by atoms with Crippen LogP contribution in [-0.2, 0) is 20.9 Å². The lowest BCUT2D eigenvalue weighted by atomic mass is 10.0. The van der Waals surface area contributed by atoms with E-state index in [-0.39, 0.29) is 24.0 Å². The summed E-state index contributed by atoms with van der Waals surface area (Å²) in [5.74, 6) is -0.916. The molecule has 3 aromatic rings. The van der Waals surface area contributed by atoms with E-state index in [9.17, 15) is 14.0 Å². The first-order valence-corrected chi connectivity index (χ1v) is 9.57. The molecule has 0 saturated carbocycles. The second kappa shape index (κ2) is 8.25. The van der Waals surface area contributed by atoms with Gasteiger partial charge in [-0.25, -0.2) is 9.07 Å². The van der Waals surface area contributed by atoms with Crippen LogP contribution in [0.25, 0.3) is 11.1 Å². The van der Waals surface area contributed by atoms with Gasteiger partial charge < -0.3 is 15.4 Å². The van der Waals surface area contributed by atoms with Crippen molar-refractivity contribution in [3.8, 4) is 11.1 Å². The van der Waals surface area contributed by atoms with E-state index in [1.807, 2.05) is 30.3 Å². The molecule has 1 aliphatic rings. The van der Waals surface area contributed by atoms with Crippen LogP contribution in [-0.4, -0.2) is 28.7 Å². The van der Waals surface area contributed by atoms with E-state index in [4.69, 9.17) is 16.3 Å². The molecule has 2 aromatic carbocycles. The van der Waals surface area contributed by atoms with Crippen molar-refractivity contribution in [1.82, 2.24) is 9.78 Å². The van der Waals surface area contributed by atoms with E-state index in [1.54, 1.807) is 7.11 Å². The van der Waals surface area contributed by atoms with Gasteiger partial charge in [0.25, 0.3) is 0 Å². The summed E-state index contributed by atoms with van der Waals surface area (Å²) in [5, 5.41) is 9.95. The zero-order valence-electron chi connectivity index (χ0n) is 16.0. The van der Waals surface area contributed by atoms with Crippen molar-refractivity contribution >= 4 is 34.9 Å². The van der Waals surface area contributed by atoms with Gasteiger partial charge in [-0.1, -0.05) is 41.9 Å². The van der Waals surface area contributed by atoms with E-state index in [1.165, 1.54) is 16.8 Å². The first-order valence-electron chi connectivity index (χ1n) is 9.19. The standard InChI is InChI=1S/C21H18ClFN4O3/c1-30-11-16-19(12-5-3-2-4-6-12)20-25-18(28)10-17(27(20)26-16)21(29)24-13-7-8-15(23)14(22)9-13/h2-9,17H,10-11H2,1H3,(H,24,29)(H,25,28)/t17-/m0/s1. The van der Waals surface area contributed by atoms with Crippen molar-refractivity contribution in [2.75, 3.05) is 17.7 Å². The average Bonchev–Trinajstić information content (AvgIpc) is 3.08. The predicted octanol–water partition coefficient (Wildman–Crippen LogP) is 4.01. The molecule has 2 N–H and O–H groups in total. The average molecular weight is 429 g/mol. The van der Waals surface area contributed by atoms with E-state index in [0.29, 0.717) is 22.8 Å². The Morgan fingerprint density at radius 3 is 2.80 bits per heavy atom. The van der Waals surface area contributed by atoms with Crippen LogP contribution in [0.2, 0.25) is 5.02 Å². The van der Waals surface area contributed by atoms with Crippen LogP contribution in [0.1, 0.15) is 18.2 Å². The van der Waals surface area contributed by atoms with Gasteiger partial charge in [0.2, 0.25) is 11.8 Å². The number of benzene rings is 2. The summed E-state index contributed by atoms with van der Waals surface area (Å²) >= 11 is 5.79. The normalized spacial score (nSPS) is 15.4. The van der Waals surface area contributed by atoms with Gasteiger partial charge in [-0.2, -0.15) is 5.10 Å². The predicted molar refractivity (Wildman–Crippen MR) is 111 cm³/mol. The molecule has 9 heteroatoms. The Morgan fingerprint density at radius 1 is 1.33 bits per heavy atom. The molecular formula is C21H18ClFN4O3. The summed E-state index contributed by atoms with van der Waals surface area (Å²) in [6, 6.07) is 12.4. The molecule has 1 atom stereocenters. The number of hydrogen-bond donors (Lipinski definition) is 2. The van der Waals surface area contributed by atoms with Gasteiger partial charge >= 0.3 is 0 Å². The number of nitrogens with zero attached hydrogens (tertiary/aromatic N) is 2. The molecule has 0 radical (unpaired) electrons. The second-order valence-corrected chi connectivity index (χ2v) is 7.21. The van der Waals surface area contributed by atoms with E-state index < -0.39 is 17.8 Å². The van der Waals surface area contributed by atoms with Crippen molar-refractivity contribution in [2.45, 2.75) is 19.1 Å². The van der Waals surface area contributed by atoms with Gasteiger partial charge in [0, 0.05) is 18.4 Å². The Balaban J connectivity index is 1.73. The summed E-state index contributed by atoms with van der Waals surface area (Å²) in [6.07, 6.45) is -0.0872. The van der Waals surface area contributed by atoms with Crippen molar-refractivity contribution in [2.24, 2.45) is 0 Å². The summed E-state index contributed by atoms with van der Waals surface area (Å²) in [7, 11) is 1.55. The Morgan fingerprint density at radius 2 is 2.10 bits per heavy atom. The summed E-state index contributed by atoms with van der Waals surface area (Å²) in [5.41, 5.74) is 2.47. The quantitative estimate of drug-likeness (QED) is 0.643. The van der Waals surface area contributed by atoms with Gasteiger partial charge in [-0.05, 0) is 23.8 Å². The minimum atomic E-state index is -0.884. The number of carbonyl (C=O) groups is 2. The van der Waals surface area contributed by atoms with E-state index >= 15 is 0 Å². The van der Waals surface area contributed by atoms with Crippen LogP contribution < -0.4 is 10.6 Å². The minimum Gasteiger partial charge on any atom is -0.378 e. The number of ether oxygens (including phenoxy) is 1. The van der Waals surface area contributed by atoms with Crippen molar-refractivity contribution in [3.63, 3.8) is 0 Å². The number of anilines is 2. The zero-order valence-corrected chi connectivity index (χ0v) is 16.7. The van der Waals surface area contributed by atoms with Gasteiger partial charge in [-0.15, -0.1) is 0 Å². The number of aromatic nitrogens is 2. The largest absolute Gasteiger partial charge is 0.378 e. The third kappa shape index (κ3) is 3.79. The fourth-order valence-electron chi connectivity index (χ4n) is 3.42. The van der Waals surface area contributed by atoms with Gasteiger partial charge in [0.05, 0.1) is 23.7 Å². The van der Waals surface area contributed by atoms with Crippen LogP contribution in [0.4, 0.5) is 15.9 Å². The SMILES string of the molecule is COCc1nn2c(c1-c1ccccc1)NC(=O)C[C@H]2C(=O)Nc1ccc(F)c(Cl)c1. The van der Waals surface area contributed by atoms with Gasteiger partial charge in [0.15, 0.2) is 0 Å². The van der Waals surface area contributed by atoms with E-state index in [2.05, 4.69) is 15.7 Å². The number of fused-ring (bicyclic) bond motifs is 1. The molecule has 1 aliphatic heterocycles. The number of nitrogens with one attached hydrogen (secondary N) is 2. The number of rotatable bonds is 5. The Labute approximate surface area is 176 Å². The monoisotopic (exact) mass is 428 g/mol. The first-order chi connectivity index (χ1) is 14.5. The second-order valence-electron chi connectivity index (χ2n) is 6.80. The molecule has 4 rings (SSSR count). The number of methoxy groups -OCH3 is 1. The lowest BCUT2D eigenvalue weighted by Crippen LogP contribution is -2.35. The lowest BCUT2D eigenvalue weighted by Gasteiger charge is -2.24. The highest BCUT2D eigenvalue weighted by Gasteiger charge is 2.35. The van der Waals surface area contributed by atoms with Crippen molar-refractivity contribution < 1.29 is 18.7 Å². The molecule has 0 saturated heterocycles. The highest BCUT2D eigenvalue weighted by Crippen LogP contribution is 2.37. The Hall–Kier alpha value is -3.23. The Kier molecular flexibility index (Phi) is 5.52. The lowest BCUT2D eigenvalue weighted by molar-refractivity contribution is -0.125. The molecule has 154 valence electrons. The number of amides is 2. The Bertz CT molecular complexity index is 1120. The number of halogens is 2. The molecule has 2 amide bonds. The third-order valence-corrected chi connectivity index (χ3v) is 5.04. The third-order valence-electron chi connectivity index (χ3n) is 4.75. The summed E-state index contributed by atoms with van der Waals surface area (Å²) < 4.78 is 20.2. The van der Waals surface area contributed by atoms with Crippen molar-refractivity contribution in [1.29, 1.82) is 0 Å². The highest BCUT2D eigenvalue weighted by atomic mass is 35.5. The zero-order chi connectivity index (χ0) is 21.3. The smallest absolute Gasteiger partial charge is 0.249 e. The topological polar surface area (TPSA) is 85.2 Å². The fourth-order valence-corrected chi connectivity index (χ4v) is 3.60. The molecule has 30 heavy (non-hydrogen) atoms. The summed E-state index contributed by atoms with van der Waals surface area (Å²) in [6.45, 7) is 0.210. The highest BCUT2D eigenvalue weighted by molar-refractivity contribution is 6.31. The van der Waals surface area contributed by atoms with Crippen LogP contribution in [0.15, 0.2) is 48.5 Å². The van der Waals surface area contributed by atoms with Crippen LogP contribution in [0.3, 0.4) is 0 Å². The van der Waals surface area contributed by atoms with E-state index in [0.717, 1.165) is 11.6 Å². The fraction of sp³-hybridized carbons (Fsp3) is 0.190. The minimum absolute atomic E-state index is 0.0872. The molecule has 0 aliphatic carbocycles. The van der Waals surface area contributed by atoms with Crippen LogP contribution >= 0.6 is 11.6 Å². The van der Waals surface area contributed by atoms with Crippen LogP contribution in [0, 0.1) is 5.82 Å². The number of carbonyl (C=O) groups excluding carboxylic acids is 2. The molecule has 0 spiro atoms. The number of hydrogen-bond acceptors (Lipinski definition) is 4. The molecule has 1 aromatic heterocycles. The maximum absolute atomic E-state index is 13.4. The molecule has 0 unspecified atom stereocenters. The summed E-state index contributed by atoms with van der Waals surface area (Å²) in [4.78, 5) is 25.4. The van der Waals surface area contributed by atoms with Crippen LogP contribution in [0.5, 0.6) is 0 Å². The first kappa shape index (κ1) is 20.1. The van der Waals surface area contributed by atoms with Gasteiger partial charge in [-0.3, -0.25) is 9.59 Å². The molecule has 2 heterocycles. The molecule has 0 fully saturated rings. The maximum Gasteiger partial charge on any atom is 0.249 e. The molecular weight excluding hydrogens is 411 g/mol. The van der Waals surface area contributed by atoms with Gasteiger partial charge in [0.1, 0.15) is 17.7 Å². The molecule has 0 bridgehead atoms. The van der Waals surface area contributed by atoms with Crippen molar-refractivity contribution in [3.05, 3.63) is 65.1 Å². The molecule has 7 nitrogen and oxygen atoms in total. The maximum atomic E-state index is 13.4.